The fourth-order valence-corrected chi connectivity index (χ4v) is 2.11. The van der Waals surface area contributed by atoms with Gasteiger partial charge in [-0.1, -0.05) is 15.9 Å². The highest BCUT2D eigenvalue weighted by Crippen LogP contribution is 2.27. The highest BCUT2D eigenvalue weighted by molar-refractivity contribution is 9.10. The number of hydrogen-bond acceptors (Lipinski definition) is 4. The van der Waals surface area contributed by atoms with Crippen molar-refractivity contribution in [3.8, 4) is 5.75 Å². The molecule has 17 heavy (non-hydrogen) atoms. The van der Waals surface area contributed by atoms with E-state index in [9.17, 15) is 0 Å². The minimum atomic E-state index is 0.0611. The van der Waals surface area contributed by atoms with Gasteiger partial charge < -0.3 is 20.9 Å². The fraction of sp³-hybridized carbons (Fsp3) is 0.500. The molecule has 0 aliphatic rings. The molecular formula is C12H19BrN2O2. The zero-order chi connectivity index (χ0) is 12.7. The summed E-state index contributed by atoms with van der Waals surface area (Å²) in [5.41, 5.74) is 6.83. The SMILES string of the molecule is COc1ccc(Br)c(C(CN)NCCCO)c1. The molecular weight excluding hydrogens is 284 g/mol. The molecule has 1 aromatic carbocycles. The summed E-state index contributed by atoms with van der Waals surface area (Å²) in [4.78, 5) is 0. The van der Waals surface area contributed by atoms with E-state index in [2.05, 4.69) is 21.2 Å². The number of ether oxygens (including phenoxy) is 1. The molecule has 0 amide bonds. The Bertz CT molecular complexity index is 347. The Labute approximate surface area is 110 Å². The maximum absolute atomic E-state index is 8.76. The predicted molar refractivity (Wildman–Crippen MR) is 72.2 cm³/mol. The Kier molecular flexibility index (Phi) is 6.50. The van der Waals surface area contributed by atoms with Gasteiger partial charge in [0.15, 0.2) is 0 Å². The largest absolute Gasteiger partial charge is 0.497 e. The van der Waals surface area contributed by atoms with Crippen molar-refractivity contribution in [3.05, 3.63) is 28.2 Å². The van der Waals surface area contributed by atoms with Crippen molar-refractivity contribution in [2.24, 2.45) is 5.73 Å². The van der Waals surface area contributed by atoms with Gasteiger partial charge in [-0.05, 0) is 36.7 Å². The van der Waals surface area contributed by atoms with Crippen LogP contribution < -0.4 is 15.8 Å². The maximum Gasteiger partial charge on any atom is 0.119 e. The van der Waals surface area contributed by atoms with Gasteiger partial charge in [0, 0.05) is 23.7 Å². The van der Waals surface area contributed by atoms with Crippen LogP contribution in [0.1, 0.15) is 18.0 Å². The molecule has 96 valence electrons. The number of aliphatic hydroxyl groups excluding tert-OH is 1. The molecule has 0 spiro atoms. The Balaban J connectivity index is 2.78. The quantitative estimate of drug-likeness (QED) is 0.667. The highest BCUT2D eigenvalue weighted by atomic mass is 79.9. The van der Waals surface area contributed by atoms with Crippen molar-refractivity contribution >= 4 is 15.9 Å². The zero-order valence-electron chi connectivity index (χ0n) is 9.95. The third-order valence-corrected chi connectivity index (χ3v) is 3.26. The van der Waals surface area contributed by atoms with Gasteiger partial charge in [0.25, 0.3) is 0 Å². The van der Waals surface area contributed by atoms with Crippen LogP contribution in [-0.2, 0) is 0 Å². The van der Waals surface area contributed by atoms with Gasteiger partial charge in [-0.2, -0.15) is 0 Å². The Morgan fingerprint density at radius 2 is 2.29 bits per heavy atom. The van der Waals surface area contributed by atoms with Crippen LogP contribution in [-0.4, -0.2) is 31.9 Å². The van der Waals surface area contributed by atoms with Gasteiger partial charge in [0.1, 0.15) is 5.75 Å². The van der Waals surface area contributed by atoms with Crippen LogP contribution in [0.2, 0.25) is 0 Å². The van der Waals surface area contributed by atoms with Crippen LogP contribution in [0.5, 0.6) is 5.75 Å². The monoisotopic (exact) mass is 302 g/mol. The topological polar surface area (TPSA) is 67.5 Å². The van der Waals surface area contributed by atoms with Crippen LogP contribution in [0.15, 0.2) is 22.7 Å². The lowest BCUT2D eigenvalue weighted by molar-refractivity contribution is 0.283. The van der Waals surface area contributed by atoms with E-state index in [-0.39, 0.29) is 12.6 Å². The number of methoxy groups -OCH3 is 1. The molecule has 5 heteroatoms. The first-order valence-corrected chi connectivity index (χ1v) is 6.40. The number of benzene rings is 1. The van der Waals surface area contributed by atoms with Crippen molar-refractivity contribution in [2.45, 2.75) is 12.5 Å². The summed E-state index contributed by atoms with van der Waals surface area (Å²) in [7, 11) is 1.64. The standard InChI is InChI=1S/C12H19BrN2O2/c1-17-9-3-4-11(13)10(7-9)12(8-14)15-5-2-6-16/h3-4,7,12,15-16H,2,5-6,8,14H2,1H3. The minimum absolute atomic E-state index is 0.0611. The van der Waals surface area contributed by atoms with Crippen LogP contribution in [0.4, 0.5) is 0 Å². The lowest BCUT2D eigenvalue weighted by Crippen LogP contribution is -2.29. The first-order valence-electron chi connectivity index (χ1n) is 5.60. The molecule has 1 rings (SSSR count). The first kappa shape index (κ1) is 14.4. The van der Waals surface area contributed by atoms with E-state index >= 15 is 0 Å². The predicted octanol–water partition coefficient (Wildman–Crippen LogP) is 1.43. The maximum atomic E-state index is 8.76. The molecule has 0 radical (unpaired) electrons. The van der Waals surface area contributed by atoms with Crippen LogP contribution in [0.3, 0.4) is 0 Å². The second-order valence-corrected chi connectivity index (χ2v) is 4.56. The summed E-state index contributed by atoms with van der Waals surface area (Å²) in [6, 6.07) is 5.87. The number of nitrogens with one attached hydrogen (secondary N) is 1. The van der Waals surface area contributed by atoms with E-state index in [0.29, 0.717) is 6.54 Å². The average molecular weight is 303 g/mol. The van der Waals surface area contributed by atoms with Crippen molar-refractivity contribution < 1.29 is 9.84 Å². The normalized spacial score (nSPS) is 12.5. The van der Waals surface area contributed by atoms with Crippen molar-refractivity contribution in [1.29, 1.82) is 0 Å². The van der Waals surface area contributed by atoms with Crippen molar-refractivity contribution in [3.63, 3.8) is 0 Å². The van der Waals surface area contributed by atoms with Crippen molar-refractivity contribution in [2.75, 3.05) is 26.8 Å². The summed E-state index contributed by atoms with van der Waals surface area (Å²) >= 11 is 3.51. The summed E-state index contributed by atoms with van der Waals surface area (Å²) in [6.45, 7) is 1.42. The molecule has 4 N–H and O–H groups in total. The lowest BCUT2D eigenvalue weighted by atomic mass is 10.1. The average Bonchev–Trinajstić information content (AvgIpc) is 2.36. The molecule has 0 bridgehead atoms. The van der Waals surface area contributed by atoms with Gasteiger partial charge in [0.05, 0.1) is 7.11 Å². The summed E-state index contributed by atoms with van der Waals surface area (Å²) in [5, 5.41) is 12.1. The van der Waals surface area contributed by atoms with E-state index in [1.54, 1.807) is 7.11 Å². The summed E-state index contributed by atoms with van der Waals surface area (Å²) in [6.07, 6.45) is 0.720. The number of rotatable bonds is 7. The second-order valence-electron chi connectivity index (χ2n) is 3.71. The molecule has 0 heterocycles. The van der Waals surface area contributed by atoms with E-state index < -0.39 is 0 Å². The van der Waals surface area contributed by atoms with E-state index in [4.69, 9.17) is 15.6 Å². The first-order chi connectivity index (χ1) is 8.22. The summed E-state index contributed by atoms with van der Waals surface area (Å²) in [5.74, 6) is 0.811. The molecule has 0 aliphatic heterocycles. The van der Waals surface area contributed by atoms with E-state index in [1.165, 1.54) is 0 Å². The molecule has 1 unspecified atom stereocenters. The number of nitrogens with two attached hydrogens (primary N) is 1. The molecule has 0 aromatic heterocycles. The van der Waals surface area contributed by atoms with Gasteiger partial charge in [-0.15, -0.1) is 0 Å². The molecule has 0 saturated heterocycles. The molecule has 1 aromatic rings. The second kappa shape index (κ2) is 7.66. The van der Waals surface area contributed by atoms with Gasteiger partial charge in [-0.3, -0.25) is 0 Å². The highest BCUT2D eigenvalue weighted by Gasteiger charge is 2.13. The zero-order valence-corrected chi connectivity index (χ0v) is 11.5. The van der Waals surface area contributed by atoms with Crippen LogP contribution in [0.25, 0.3) is 0 Å². The number of aliphatic hydroxyl groups is 1. The Morgan fingerprint density at radius 3 is 2.88 bits per heavy atom. The molecule has 0 fully saturated rings. The summed E-state index contributed by atoms with van der Waals surface area (Å²) < 4.78 is 6.21. The fourth-order valence-electron chi connectivity index (χ4n) is 1.59. The Hall–Kier alpha value is -0.620. The van der Waals surface area contributed by atoms with Crippen molar-refractivity contribution in [1.82, 2.24) is 5.32 Å². The number of hydrogen-bond donors (Lipinski definition) is 3. The number of halogens is 1. The van der Waals surface area contributed by atoms with Gasteiger partial charge >= 0.3 is 0 Å². The molecule has 1 atom stereocenters. The van der Waals surface area contributed by atoms with Gasteiger partial charge in [0.2, 0.25) is 0 Å². The third-order valence-electron chi connectivity index (χ3n) is 2.54. The molecule has 4 nitrogen and oxygen atoms in total. The van der Waals surface area contributed by atoms with E-state index in [1.807, 2.05) is 18.2 Å². The van der Waals surface area contributed by atoms with Gasteiger partial charge in [-0.25, -0.2) is 0 Å². The Morgan fingerprint density at radius 1 is 1.53 bits per heavy atom. The smallest absolute Gasteiger partial charge is 0.119 e. The third kappa shape index (κ3) is 4.27. The lowest BCUT2D eigenvalue weighted by Gasteiger charge is -2.19. The molecule has 0 saturated carbocycles. The van der Waals surface area contributed by atoms with Crippen LogP contribution in [0, 0.1) is 0 Å². The van der Waals surface area contributed by atoms with Crippen LogP contribution >= 0.6 is 15.9 Å². The molecule has 0 aliphatic carbocycles. The minimum Gasteiger partial charge on any atom is -0.497 e. The van der Waals surface area contributed by atoms with E-state index in [0.717, 1.165) is 28.8 Å².